The van der Waals surface area contributed by atoms with Crippen LogP contribution < -0.4 is 10.1 Å². The van der Waals surface area contributed by atoms with Crippen LogP contribution >= 0.6 is 0 Å². The summed E-state index contributed by atoms with van der Waals surface area (Å²) in [4.78, 5) is 19.4. The third-order valence-corrected chi connectivity index (χ3v) is 2.37. The molecule has 0 saturated heterocycles. The number of esters is 1. The molecule has 0 bridgehead atoms. The Morgan fingerprint density at radius 2 is 1.95 bits per heavy atom. The zero-order valence-electron chi connectivity index (χ0n) is 10.6. The molecule has 0 aliphatic heterocycles. The zero-order chi connectivity index (χ0) is 13.7. The molecule has 0 spiro atoms. The Bertz CT molecular complexity index is 570. The minimum Gasteiger partial charge on any atom is -0.465 e. The molecule has 0 saturated carbocycles. The fourth-order valence-corrected chi connectivity index (χ4v) is 1.42. The monoisotopic (exact) mass is 259 g/mol. The first-order valence-electron chi connectivity index (χ1n) is 5.59. The lowest BCUT2D eigenvalue weighted by atomic mass is 10.2. The van der Waals surface area contributed by atoms with Gasteiger partial charge in [0.2, 0.25) is 5.88 Å². The maximum absolute atomic E-state index is 11.3. The lowest BCUT2D eigenvalue weighted by Gasteiger charge is -2.06. The highest BCUT2D eigenvalue weighted by atomic mass is 16.5. The summed E-state index contributed by atoms with van der Waals surface area (Å²) in [6, 6.07) is 6.58. The van der Waals surface area contributed by atoms with E-state index >= 15 is 0 Å². The van der Waals surface area contributed by atoms with Crippen LogP contribution in [0.1, 0.15) is 10.4 Å². The third kappa shape index (κ3) is 3.19. The lowest BCUT2D eigenvalue weighted by Crippen LogP contribution is -2.00. The molecule has 2 rings (SSSR count). The number of aromatic nitrogens is 2. The largest absolute Gasteiger partial charge is 0.465 e. The molecule has 6 nitrogen and oxygen atoms in total. The van der Waals surface area contributed by atoms with E-state index in [0.717, 1.165) is 0 Å². The van der Waals surface area contributed by atoms with Gasteiger partial charge in [-0.1, -0.05) is 0 Å². The third-order valence-electron chi connectivity index (χ3n) is 2.37. The van der Waals surface area contributed by atoms with Gasteiger partial charge in [-0.3, -0.25) is 4.98 Å². The number of carbonyl (C=O) groups is 1. The first kappa shape index (κ1) is 12.8. The summed E-state index contributed by atoms with van der Waals surface area (Å²) in [5, 5.41) is 2.87. The molecule has 98 valence electrons. The predicted molar refractivity (Wildman–Crippen MR) is 69.4 cm³/mol. The van der Waals surface area contributed by atoms with Crippen molar-refractivity contribution in [2.75, 3.05) is 19.5 Å². The number of nitrogens with one attached hydrogen (secondary N) is 1. The number of hydrogen-bond donors (Lipinski definition) is 1. The molecule has 1 N–H and O–H groups in total. The summed E-state index contributed by atoms with van der Waals surface area (Å²) in [5.41, 5.74) is 0.463. The number of carbonyl (C=O) groups excluding carboxylic acids is 1. The summed E-state index contributed by atoms with van der Waals surface area (Å²) in [6.45, 7) is 0. The average molecular weight is 259 g/mol. The van der Waals surface area contributed by atoms with E-state index in [0.29, 0.717) is 23.0 Å². The Balaban J connectivity index is 2.12. The Morgan fingerprint density at radius 3 is 2.58 bits per heavy atom. The molecule has 0 unspecified atom stereocenters. The molecule has 0 radical (unpaired) electrons. The zero-order valence-corrected chi connectivity index (χ0v) is 10.6. The maximum atomic E-state index is 11.3. The smallest absolute Gasteiger partial charge is 0.337 e. The summed E-state index contributed by atoms with van der Waals surface area (Å²) in [5.74, 6) is 1.17. The van der Waals surface area contributed by atoms with Gasteiger partial charge in [-0.05, 0) is 24.3 Å². The molecular formula is C13H13N3O3. The van der Waals surface area contributed by atoms with Gasteiger partial charge in [-0.15, -0.1) is 0 Å². The second kappa shape index (κ2) is 5.81. The number of anilines is 1. The van der Waals surface area contributed by atoms with Gasteiger partial charge < -0.3 is 14.8 Å². The fraction of sp³-hybridized carbons (Fsp3) is 0.154. The van der Waals surface area contributed by atoms with Gasteiger partial charge in [0.05, 0.1) is 25.1 Å². The molecule has 0 atom stereocenters. The highest BCUT2D eigenvalue weighted by Gasteiger charge is 2.06. The molecule has 0 amide bonds. The molecule has 1 heterocycles. The van der Waals surface area contributed by atoms with Crippen molar-refractivity contribution >= 4 is 11.8 Å². The van der Waals surface area contributed by atoms with Crippen LogP contribution in [0.4, 0.5) is 5.82 Å². The van der Waals surface area contributed by atoms with Crippen LogP contribution in [0.3, 0.4) is 0 Å². The Labute approximate surface area is 110 Å². The van der Waals surface area contributed by atoms with Crippen molar-refractivity contribution in [3.8, 4) is 11.6 Å². The first-order valence-corrected chi connectivity index (χ1v) is 5.59. The highest BCUT2D eigenvalue weighted by Crippen LogP contribution is 2.20. The van der Waals surface area contributed by atoms with Gasteiger partial charge in [-0.25, -0.2) is 4.79 Å². The van der Waals surface area contributed by atoms with Gasteiger partial charge >= 0.3 is 5.97 Å². The maximum Gasteiger partial charge on any atom is 0.337 e. The second-order valence-corrected chi connectivity index (χ2v) is 3.61. The van der Waals surface area contributed by atoms with Crippen LogP contribution in [0.2, 0.25) is 0 Å². The van der Waals surface area contributed by atoms with Crippen molar-refractivity contribution in [1.29, 1.82) is 0 Å². The molecule has 1 aromatic carbocycles. The molecular weight excluding hydrogens is 246 g/mol. The molecule has 1 aromatic heterocycles. The standard InChI is InChI=1S/C13H13N3O3/c1-14-11-7-15-8-12(16-11)19-10-5-3-9(4-6-10)13(17)18-2/h3-8H,1-2H3,(H,14,16). The van der Waals surface area contributed by atoms with Crippen LogP contribution in [0.25, 0.3) is 0 Å². The number of methoxy groups -OCH3 is 1. The average Bonchev–Trinajstić information content (AvgIpc) is 2.47. The van der Waals surface area contributed by atoms with E-state index in [2.05, 4.69) is 20.0 Å². The first-order chi connectivity index (χ1) is 9.22. The van der Waals surface area contributed by atoms with E-state index in [1.807, 2.05) is 0 Å². The highest BCUT2D eigenvalue weighted by molar-refractivity contribution is 5.89. The molecule has 19 heavy (non-hydrogen) atoms. The molecule has 2 aromatic rings. The van der Waals surface area contributed by atoms with Crippen LogP contribution in [0.5, 0.6) is 11.6 Å². The van der Waals surface area contributed by atoms with Crippen molar-refractivity contribution in [3.05, 3.63) is 42.2 Å². The Hall–Kier alpha value is -2.63. The van der Waals surface area contributed by atoms with E-state index in [4.69, 9.17) is 4.74 Å². The molecule has 6 heteroatoms. The molecule has 0 aliphatic rings. The van der Waals surface area contributed by atoms with E-state index in [9.17, 15) is 4.79 Å². The summed E-state index contributed by atoms with van der Waals surface area (Å²) in [7, 11) is 3.09. The normalized spacial score (nSPS) is 9.79. The number of benzene rings is 1. The number of rotatable bonds is 4. The number of hydrogen-bond acceptors (Lipinski definition) is 6. The SMILES string of the molecule is CNc1cncc(Oc2ccc(C(=O)OC)cc2)n1. The minimum absolute atomic E-state index is 0.373. The molecule has 0 aliphatic carbocycles. The van der Waals surface area contributed by atoms with Crippen LogP contribution in [0.15, 0.2) is 36.7 Å². The predicted octanol–water partition coefficient (Wildman–Crippen LogP) is 2.10. The van der Waals surface area contributed by atoms with Gasteiger partial charge in [0.25, 0.3) is 0 Å². The van der Waals surface area contributed by atoms with Crippen molar-refractivity contribution in [3.63, 3.8) is 0 Å². The van der Waals surface area contributed by atoms with Crippen LogP contribution in [-0.4, -0.2) is 30.1 Å². The summed E-state index contributed by atoms with van der Waals surface area (Å²) >= 11 is 0. The van der Waals surface area contributed by atoms with Gasteiger partial charge in [0.1, 0.15) is 11.6 Å². The second-order valence-electron chi connectivity index (χ2n) is 3.61. The van der Waals surface area contributed by atoms with Crippen molar-refractivity contribution in [1.82, 2.24) is 9.97 Å². The van der Waals surface area contributed by atoms with Crippen LogP contribution in [-0.2, 0) is 4.74 Å². The van der Waals surface area contributed by atoms with Gasteiger partial charge in [-0.2, -0.15) is 4.98 Å². The van der Waals surface area contributed by atoms with Gasteiger partial charge in [0, 0.05) is 7.05 Å². The number of ether oxygens (including phenoxy) is 2. The van der Waals surface area contributed by atoms with E-state index < -0.39 is 0 Å². The van der Waals surface area contributed by atoms with Crippen molar-refractivity contribution in [2.45, 2.75) is 0 Å². The Morgan fingerprint density at radius 1 is 1.21 bits per heavy atom. The van der Waals surface area contributed by atoms with E-state index in [1.165, 1.54) is 13.3 Å². The van der Waals surface area contributed by atoms with E-state index in [1.54, 1.807) is 37.5 Å². The topological polar surface area (TPSA) is 73.3 Å². The Kier molecular flexibility index (Phi) is 3.92. The minimum atomic E-state index is -0.386. The van der Waals surface area contributed by atoms with Crippen molar-refractivity contribution < 1.29 is 14.3 Å². The quantitative estimate of drug-likeness (QED) is 0.847. The fourth-order valence-electron chi connectivity index (χ4n) is 1.42. The van der Waals surface area contributed by atoms with E-state index in [-0.39, 0.29) is 5.97 Å². The van der Waals surface area contributed by atoms with Crippen LogP contribution in [0, 0.1) is 0 Å². The molecule has 0 fully saturated rings. The number of nitrogens with zero attached hydrogens (tertiary/aromatic N) is 2. The van der Waals surface area contributed by atoms with Gasteiger partial charge in [0.15, 0.2) is 0 Å². The summed E-state index contributed by atoms with van der Waals surface area (Å²) in [6.07, 6.45) is 3.10. The summed E-state index contributed by atoms with van der Waals surface area (Å²) < 4.78 is 10.1. The lowest BCUT2D eigenvalue weighted by molar-refractivity contribution is 0.0600. The van der Waals surface area contributed by atoms with Crippen molar-refractivity contribution in [2.24, 2.45) is 0 Å².